The van der Waals surface area contributed by atoms with Gasteiger partial charge in [0.2, 0.25) is 0 Å². The second-order valence-corrected chi connectivity index (χ2v) is 3.88. The van der Waals surface area contributed by atoms with Crippen LogP contribution in [0.5, 0.6) is 0 Å². The first-order chi connectivity index (χ1) is 7.54. The number of hydrogen-bond donors (Lipinski definition) is 1. The van der Waals surface area contributed by atoms with Crippen molar-refractivity contribution in [1.82, 2.24) is 0 Å². The highest BCUT2D eigenvalue weighted by Crippen LogP contribution is 2.11. The van der Waals surface area contributed by atoms with Gasteiger partial charge in [0, 0.05) is 12.6 Å². The summed E-state index contributed by atoms with van der Waals surface area (Å²) in [6.45, 7) is 3.93. The van der Waals surface area contributed by atoms with Crippen LogP contribution < -0.4 is 0 Å². The maximum atomic E-state index is 12.7. The Labute approximate surface area is 95.2 Å². The van der Waals surface area contributed by atoms with Crippen molar-refractivity contribution in [2.45, 2.75) is 13.8 Å². The third kappa shape index (κ3) is 3.19. The smallest absolute Gasteiger partial charge is 0.137 e. The highest BCUT2D eigenvalue weighted by atomic mass is 19.1. The zero-order valence-electron chi connectivity index (χ0n) is 9.74. The van der Waals surface area contributed by atoms with Gasteiger partial charge in [-0.3, -0.25) is 4.99 Å². The first-order valence-electron chi connectivity index (χ1n) is 5.18. The van der Waals surface area contributed by atoms with Gasteiger partial charge in [0.05, 0.1) is 0 Å². The number of rotatable bonds is 3. The van der Waals surface area contributed by atoms with Crippen LogP contribution in [-0.2, 0) is 0 Å². The Morgan fingerprint density at radius 3 is 2.31 bits per heavy atom. The fourth-order valence-corrected chi connectivity index (χ4v) is 1.39. The summed E-state index contributed by atoms with van der Waals surface area (Å²) < 4.78 is 12.7. The van der Waals surface area contributed by atoms with E-state index in [4.69, 9.17) is 0 Å². The molecule has 1 N–H and O–H groups in total. The molecule has 0 fully saturated rings. The summed E-state index contributed by atoms with van der Waals surface area (Å²) in [5.41, 5.74) is 1.19. The standard InChI is InChI=1S/C13H16FNO/c1-9(2)8-12(16)13(15-3)10-4-6-11(14)7-5-10/h4-9,16H,1-3H3/b12-8-,15-13-. The number of allylic oxidation sites excluding steroid dienone is 2. The number of aliphatic hydroxyl groups excluding tert-OH is 1. The van der Waals surface area contributed by atoms with Crippen LogP contribution in [0.1, 0.15) is 19.4 Å². The average Bonchev–Trinajstić information content (AvgIpc) is 2.21. The molecule has 0 saturated heterocycles. The van der Waals surface area contributed by atoms with Crippen molar-refractivity contribution >= 4 is 5.71 Å². The van der Waals surface area contributed by atoms with Crippen LogP contribution in [0.15, 0.2) is 41.1 Å². The van der Waals surface area contributed by atoms with E-state index in [9.17, 15) is 9.50 Å². The highest BCUT2D eigenvalue weighted by Gasteiger charge is 2.08. The van der Waals surface area contributed by atoms with E-state index in [1.807, 2.05) is 13.8 Å². The van der Waals surface area contributed by atoms with Crippen LogP contribution in [0, 0.1) is 11.7 Å². The monoisotopic (exact) mass is 221 g/mol. The molecule has 0 heterocycles. The van der Waals surface area contributed by atoms with E-state index in [1.165, 1.54) is 12.1 Å². The van der Waals surface area contributed by atoms with Crippen LogP contribution in [0.2, 0.25) is 0 Å². The summed E-state index contributed by atoms with van der Waals surface area (Å²) in [6, 6.07) is 5.90. The lowest BCUT2D eigenvalue weighted by Gasteiger charge is -2.06. The van der Waals surface area contributed by atoms with E-state index in [2.05, 4.69) is 4.99 Å². The summed E-state index contributed by atoms with van der Waals surface area (Å²) in [6.07, 6.45) is 1.71. The molecular formula is C13H16FNO. The first kappa shape index (κ1) is 12.4. The molecule has 0 unspecified atom stereocenters. The molecule has 1 aromatic rings. The fourth-order valence-electron chi connectivity index (χ4n) is 1.39. The fraction of sp³-hybridized carbons (Fsp3) is 0.308. The number of aliphatic imine (C=N–C) groups is 1. The number of aliphatic hydroxyl groups is 1. The highest BCUT2D eigenvalue weighted by molar-refractivity contribution is 6.10. The van der Waals surface area contributed by atoms with E-state index in [0.717, 1.165) is 0 Å². The van der Waals surface area contributed by atoms with E-state index >= 15 is 0 Å². The van der Waals surface area contributed by atoms with Gasteiger partial charge in [0.1, 0.15) is 17.3 Å². The van der Waals surface area contributed by atoms with Gasteiger partial charge in [-0.1, -0.05) is 13.8 Å². The van der Waals surface area contributed by atoms with Crippen LogP contribution >= 0.6 is 0 Å². The second-order valence-electron chi connectivity index (χ2n) is 3.88. The van der Waals surface area contributed by atoms with Gasteiger partial charge >= 0.3 is 0 Å². The van der Waals surface area contributed by atoms with Gasteiger partial charge in [-0.2, -0.15) is 0 Å². The molecule has 0 bridgehead atoms. The lowest BCUT2D eigenvalue weighted by molar-refractivity contribution is 0.437. The first-order valence-corrected chi connectivity index (χ1v) is 5.18. The van der Waals surface area contributed by atoms with Gasteiger partial charge in [0.25, 0.3) is 0 Å². The van der Waals surface area contributed by atoms with E-state index in [0.29, 0.717) is 11.3 Å². The lowest BCUT2D eigenvalue weighted by Crippen LogP contribution is -2.06. The van der Waals surface area contributed by atoms with E-state index < -0.39 is 0 Å². The molecule has 0 amide bonds. The Morgan fingerprint density at radius 2 is 1.88 bits per heavy atom. The maximum Gasteiger partial charge on any atom is 0.137 e. The molecule has 1 rings (SSSR count). The molecule has 2 nitrogen and oxygen atoms in total. The van der Waals surface area contributed by atoms with Crippen LogP contribution in [0.25, 0.3) is 0 Å². The predicted molar refractivity (Wildman–Crippen MR) is 64.4 cm³/mol. The SMILES string of the molecule is C/N=C(\C(O)=C\C(C)C)c1ccc(F)cc1. The Morgan fingerprint density at radius 1 is 1.31 bits per heavy atom. The average molecular weight is 221 g/mol. The molecule has 1 aromatic carbocycles. The molecule has 3 heteroatoms. The molecular weight excluding hydrogens is 205 g/mol. The van der Waals surface area contributed by atoms with E-state index in [-0.39, 0.29) is 17.5 Å². The van der Waals surface area contributed by atoms with Crippen LogP contribution in [-0.4, -0.2) is 17.9 Å². The maximum absolute atomic E-state index is 12.7. The van der Waals surface area contributed by atoms with Crippen molar-refractivity contribution < 1.29 is 9.50 Å². The van der Waals surface area contributed by atoms with Crippen molar-refractivity contribution in [3.05, 3.63) is 47.5 Å². The lowest BCUT2D eigenvalue weighted by atomic mass is 10.1. The van der Waals surface area contributed by atoms with Crippen LogP contribution in [0.4, 0.5) is 4.39 Å². The van der Waals surface area contributed by atoms with Crippen molar-refractivity contribution in [3.8, 4) is 0 Å². The number of benzene rings is 1. The summed E-state index contributed by atoms with van der Waals surface area (Å²) in [4.78, 5) is 4.02. The van der Waals surface area contributed by atoms with Gasteiger partial charge in [0.15, 0.2) is 0 Å². The molecule has 16 heavy (non-hydrogen) atoms. The molecule has 0 radical (unpaired) electrons. The molecule has 0 aromatic heterocycles. The third-order valence-corrected chi connectivity index (χ3v) is 2.08. The molecule has 0 spiro atoms. The number of hydrogen-bond acceptors (Lipinski definition) is 2. The number of halogens is 1. The topological polar surface area (TPSA) is 32.6 Å². The van der Waals surface area contributed by atoms with Gasteiger partial charge < -0.3 is 5.11 Å². The quantitative estimate of drug-likeness (QED) is 0.616. The van der Waals surface area contributed by atoms with Crippen molar-refractivity contribution in [3.63, 3.8) is 0 Å². The van der Waals surface area contributed by atoms with Gasteiger partial charge in [-0.25, -0.2) is 4.39 Å². The molecule has 0 saturated carbocycles. The zero-order chi connectivity index (χ0) is 12.1. The molecule has 0 aliphatic rings. The summed E-state index contributed by atoms with van der Waals surface area (Å²) >= 11 is 0. The molecule has 0 atom stereocenters. The van der Waals surface area contributed by atoms with Crippen molar-refractivity contribution in [1.29, 1.82) is 0 Å². The van der Waals surface area contributed by atoms with Gasteiger partial charge in [-0.05, 0) is 36.3 Å². The minimum absolute atomic E-state index is 0.129. The summed E-state index contributed by atoms with van der Waals surface area (Å²) in [5, 5.41) is 9.84. The second kappa shape index (κ2) is 5.45. The van der Waals surface area contributed by atoms with Crippen molar-refractivity contribution in [2.75, 3.05) is 7.05 Å². The Balaban J connectivity index is 3.05. The minimum Gasteiger partial charge on any atom is -0.506 e. The zero-order valence-corrected chi connectivity index (χ0v) is 9.74. The third-order valence-electron chi connectivity index (χ3n) is 2.08. The minimum atomic E-state index is -0.300. The Hall–Kier alpha value is -1.64. The largest absolute Gasteiger partial charge is 0.506 e. The van der Waals surface area contributed by atoms with Gasteiger partial charge in [-0.15, -0.1) is 0 Å². The normalized spacial score (nSPS) is 13.3. The predicted octanol–water partition coefficient (Wildman–Crippen LogP) is 3.34. The van der Waals surface area contributed by atoms with Crippen molar-refractivity contribution in [2.24, 2.45) is 10.9 Å². The molecule has 86 valence electrons. The van der Waals surface area contributed by atoms with Crippen LogP contribution in [0.3, 0.4) is 0 Å². The summed E-state index contributed by atoms with van der Waals surface area (Å²) in [7, 11) is 1.60. The Bertz CT molecular complexity index is 404. The van der Waals surface area contributed by atoms with E-state index in [1.54, 1.807) is 25.3 Å². The molecule has 0 aliphatic heterocycles. The molecule has 0 aliphatic carbocycles. The summed E-state index contributed by atoms with van der Waals surface area (Å²) in [5.74, 6) is 0.0628. The Kier molecular flexibility index (Phi) is 4.23. The number of nitrogens with zero attached hydrogens (tertiary/aromatic N) is 1.